The van der Waals surface area contributed by atoms with Gasteiger partial charge in [0.25, 0.3) is 5.91 Å². The van der Waals surface area contributed by atoms with Crippen molar-refractivity contribution in [3.8, 4) is 0 Å². The number of aliphatic carboxylic acids is 1. The number of hydrogen-bond donors (Lipinski definition) is 1. The van der Waals surface area contributed by atoms with Gasteiger partial charge in [0.15, 0.2) is 0 Å². The Kier molecular flexibility index (Phi) is 4.16. The molecule has 0 aromatic carbocycles. The predicted molar refractivity (Wildman–Crippen MR) is 68.5 cm³/mol. The first-order valence-electron chi connectivity index (χ1n) is 5.99. The lowest BCUT2D eigenvalue weighted by atomic mass is 10.0. The molecule has 18 heavy (non-hydrogen) atoms. The van der Waals surface area contributed by atoms with Gasteiger partial charge in [-0.15, -0.1) is 0 Å². The number of rotatable bonds is 5. The van der Waals surface area contributed by atoms with Crippen LogP contribution in [0.15, 0.2) is 18.3 Å². The monoisotopic (exact) mass is 252 g/mol. The molecule has 0 radical (unpaired) electrons. The lowest BCUT2D eigenvalue weighted by Gasteiger charge is -2.31. The number of carbonyl (C=O) groups is 2. The van der Waals surface area contributed by atoms with Gasteiger partial charge < -0.3 is 14.6 Å². The van der Waals surface area contributed by atoms with Crippen LogP contribution in [0.25, 0.3) is 0 Å². The van der Waals surface area contributed by atoms with Crippen LogP contribution in [0.2, 0.25) is 0 Å². The molecule has 1 heterocycles. The summed E-state index contributed by atoms with van der Waals surface area (Å²) in [5, 5.41) is 9.13. The van der Waals surface area contributed by atoms with E-state index in [1.54, 1.807) is 12.1 Å². The van der Waals surface area contributed by atoms with Gasteiger partial charge >= 0.3 is 5.97 Å². The molecular formula is C13H20N2O3. The second-order valence-electron chi connectivity index (χ2n) is 4.82. The van der Waals surface area contributed by atoms with Gasteiger partial charge in [0, 0.05) is 19.8 Å². The lowest BCUT2D eigenvalue weighted by Crippen LogP contribution is -2.51. The number of carboxylic acids is 1. The van der Waals surface area contributed by atoms with Gasteiger partial charge in [-0.2, -0.15) is 0 Å². The van der Waals surface area contributed by atoms with Gasteiger partial charge in [0.05, 0.1) is 0 Å². The number of carboxylic acid groups (broad SMARTS) is 1. The molecule has 0 bridgehead atoms. The largest absolute Gasteiger partial charge is 0.480 e. The molecule has 0 saturated carbocycles. The third-order valence-electron chi connectivity index (χ3n) is 3.18. The van der Waals surface area contributed by atoms with Crippen LogP contribution in [0.4, 0.5) is 0 Å². The van der Waals surface area contributed by atoms with Crippen LogP contribution in [0.1, 0.15) is 37.7 Å². The molecule has 1 amide bonds. The smallest absolute Gasteiger partial charge is 0.329 e. The third kappa shape index (κ3) is 2.55. The molecule has 0 aliphatic heterocycles. The normalized spacial score (nSPS) is 11.3. The molecule has 0 spiro atoms. The van der Waals surface area contributed by atoms with E-state index in [4.69, 9.17) is 5.11 Å². The van der Waals surface area contributed by atoms with E-state index < -0.39 is 11.5 Å². The minimum absolute atomic E-state index is 0.277. The van der Waals surface area contributed by atoms with Gasteiger partial charge in [-0.25, -0.2) is 4.79 Å². The Morgan fingerprint density at radius 3 is 2.56 bits per heavy atom. The SMILES string of the molecule is CCCn1cccc1C(=O)N(C)C(C)(C)C(=O)O. The topological polar surface area (TPSA) is 62.5 Å². The molecular weight excluding hydrogens is 232 g/mol. The molecule has 0 atom stereocenters. The minimum Gasteiger partial charge on any atom is -0.480 e. The molecule has 0 aliphatic rings. The van der Waals surface area contributed by atoms with E-state index in [9.17, 15) is 9.59 Å². The van der Waals surface area contributed by atoms with E-state index >= 15 is 0 Å². The third-order valence-corrected chi connectivity index (χ3v) is 3.18. The summed E-state index contributed by atoms with van der Waals surface area (Å²) in [4.78, 5) is 24.7. The zero-order valence-electron chi connectivity index (χ0n) is 11.3. The van der Waals surface area contributed by atoms with Gasteiger partial charge in [0.1, 0.15) is 11.2 Å². The van der Waals surface area contributed by atoms with E-state index in [0.717, 1.165) is 13.0 Å². The zero-order valence-corrected chi connectivity index (χ0v) is 11.3. The van der Waals surface area contributed by atoms with Crippen molar-refractivity contribution in [2.75, 3.05) is 7.05 Å². The fraction of sp³-hybridized carbons (Fsp3) is 0.538. The van der Waals surface area contributed by atoms with Crippen LogP contribution in [0, 0.1) is 0 Å². The van der Waals surface area contributed by atoms with Crippen molar-refractivity contribution in [3.05, 3.63) is 24.0 Å². The Bertz CT molecular complexity index is 449. The highest BCUT2D eigenvalue weighted by Gasteiger charge is 2.36. The van der Waals surface area contributed by atoms with Gasteiger partial charge in [-0.1, -0.05) is 6.92 Å². The summed E-state index contributed by atoms with van der Waals surface area (Å²) in [6, 6.07) is 3.51. The summed E-state index contributed by atoms with van der Waals surface area (Å²) in [7, 11) is 1.51. The summed E-state index contributed by atoms with van der Waals surface area (Å²) in [5.41, 5.74) is -0.702. The molecule has 5 nitrogen and oxygen atoms in total. The summed E-state index contributed by atoms with van der Waals surface area (Å²) >= 11 is 0. The van der Waals surface area contributed by atoms with Crippen LogP contribution in [-0.4, -0.2) is 39.0 Å². The number of carbonyl (C=O) groups excluding carboxylic acids is 1. The van der Waals surface area contributed by atoms with Gasteiger partial charge in [-0.3, -0.25) is 4.79 Å². The Labute approximate surface area is 107 Å². The first kappa shape index (κ1) is 14.3. The number of nitrogens with zero attached hydrogens (tertiary/aromatic N) is 2. The maximum Gasteiger partial charge on any atom is 0.329 e. The minimum atomic E-state index is -1.22. The Morgan fingerprint density at radius 2 is 2.06 bits per heavy atom. The summed E-state index contributed by atoms with van der Waals surface area (Å²) in [6.07, 6.45) is 2.75. The van der Waals surface area contributed by atoms with Crippen LogP contribution in [-0.2, 0) is 11.3 Å². The quantitative estimate of drug-likeness (QED) is 0.869. The fourth-order valence-corrected chi connectivity index (χ4v) is 1.61. The number of aromatic nitrogens is 1. The van der Waals surface area contributed by atoms with Crippen molar-refractivity contribution in [1.82, 2.24) is 9.47 Å². The highest BCUT2D eigenvalue weighted by Crippen LogP contribution is 2.17. The number of aryl methyl sites for hydroxylation is 1. The van der Waals surface area contributed by atoms with E-state index in [2.05, 4.69) is 0 Å². The average molecular weight is 252 g/mol. The van der Waals surface area contributed by atoms with Crippen LogP contribution < -0.4 is 0 Å². The van der Waals surface area contributed by atoms with E-state index in [1.807, 2.05) is 17.7 Å². The molecule has 1 rings (SSSR count). The molecule has 1 aromatic rings. The van der Waals surface area contributed by atoms with Crippen LogP contribution in [0.5, 0.6) is 0 Å². The standard InChI is InChI=1S/C13H20N2O3/c1-5-8-15-9-6-7-10(15)11(16)14(4)13(2,3)12(17)18/h6-7,9H,5,8H2,1-4H3,(H,17,18). The average Bonchev–Trinajstić information content (AvgIpc) is 2.75. The first-order valence-corrected chi connectivity index (χ1v) is 5.99. The summed E-state index contributed by atoms with van der Waals surface area (Å²) < 4.78 is 1.84. The molecule has 100 valence electrons. The fourth-order valence-electron chi connectivity index (χ4n) is 1.61. The van der Waals surface area contributed by atoms with Gasteiger partial charge in [0.2, 0.25) is 0 Å². The van der Waals surface area contributed by atoms with Crippen molar-refractivity contribution in [2.45, 2.75) is 39.3 Å². The highest BCUT2D eigenvalue weighted by molar-refractivity contribution is 5.96. The maximum atomic E-state index is 12.3. The van der Waals surface area contributed by atoms with Crippen molar-refractivity contribution in [1.29, 1.82) is 0 Å². The van der Waals surface area contributed by atoms with E-state index in [1.165, 1.54) is 25.8 Å². The van der Waals surface area contributed by atoms with Gasteiger partial charge in [-0.05, 0) is 32.4 Å². The number of likely N-dealkylation sites (N-methyl/N-ethyl adjacent to an activating group) is 1. The van der Waals surface area contributed by atoms with Crippen molar-refractivity contribution in [3.63, 3.8) is 0 Å². The maximum absolute atomic E-state index is 12.3. The van der Waals surface area contributed by atoms with Crippen LogP contribution in [0.3, 0.4) is 0 Å². The molecule has 0 aliphatic carbocycles. The predicted octanol–water partition coefficient (Wildman–Crippen LogP) is 1.83. The number of hydrogen-bond acceptors (Lipinski definition) is 2. The van der Waals surface area contributed by atoms with Crippen LogP contribution >= 0.6 is 0 Å². The molecule has 1 aromatic heterocycles. The second-order valence-corrected chi connectivity index (χ2v) is 4.82. The first-order chi connectivity index (χ1) is 8.32. The Hall–Kier alpha value is -1.78. The molecule has 5 heteroatoms. The van der Waals surface area contributed by atoms with Crippen molar-refractivity contribution >= 4 is 11.9 Å². The van der Waals surface area contributed by atoms with Crippen molar-refractivity contribution < 1.29 is 14.7 Å². The molecule has 0 unspecified atom stereocenters. The van der Waals surface area contributed by atoms with Crippen molar-refractivity contribution in [2.24, 2.45) is 0 Å². The Balaban J connectivity index is 3.00. The zero-order chi connectivity index (χ0) is 13.9. The summed E-state index contributed by atoms with van der Waals surface area (Å²) in [6.45, 7) is 5.80. The lowest BCUT2D eigenvalue weighted by molar-refractivity contribution is -0.147. The van der Waals surface area contributed by atoms with E-state index in [0.29, 0.717) is 5.69 Å². The summed E-state index contributed by atoms with van der Waals surface area (Å²) in [5.74, 6) is -1.30. The number of amides is 1. The highest BCUT2D eigenvalue weighted by atomic mass is 16.4. The molecule has 0 fully saturated rings. The second kappa shape index (κ2) is 5.25. The molecule has 1 N–H and O–H groups in total. The Morgan fingerprint density at radius 1 is 1.44 bits per heavy atom. The van der Waals surface area contributed by atoms with E-state index in [-0.39, 0.29) is 5.91 Å². The molecule has 0 saturated heterocycles.